The molecule has 0 heterocycles. The molecule has 0 radical (unpaired) electrons. The Morgan fingerprint density at radius 2 is 1.82 bits per heavy atom. The molecule has 2 rings (SSSR count). The molecule has 2 nitrogen and oxygen atoms in total. The second-order valence-corrected chi connectivity index (χ2v) is 4.00. The van der Waals surface area contributed by atoms with Gasteiger partial charge in [-0.05, 0) is 37.0 Å². The molecule has 0 atom stereocenters. The first kappa shape index (κ1) is 12.0. The van der Waals surface area contributed by atoms with Crippen molar-refractivity contribution >= 4 is 5.78 Å². The molecule has 0 N–H and O–H groups in total. The van der Waals surface area contributed by atoms with E-state index in [-0.39, 0.29) is 11.5 Å². The fraction of sp³-hybridized carbons (Fsp3) is 0.417. The topological polar surface area (TPSA) is 26.3 Å². The number of fused-ring (bicyclic) bond motifs is 1. The van der Waals surface area contributed by atoms with Gasteiger partial charge in [0.25, 0.3) is 0 Å². The van der Waals surface area contributed by atoms with Crippen LogP contribution in [0.4, 0.5) is 13.2 Å². The highest BCUT2D eigenvalue weighted by atomic mass is 19.4. The molecular weight excluding hydrogens is 233 g/mol. The molecule has 0 amide bonds. The molecule has 1 aromatic carbocycles. The van der Waals surface area contributed by atoms with Crippen LogP contribution in [0.5, 0.6) is 5.75 Å². The smallest absolute Gasteiger partial charge is 0.406 e. The molecule has 0 unspecified atom stereocenters. The van der Waals surface area contributed by atoms with Crippen molar-refractivity contribution < 1.29 is 22.7 Å². The molecule has 92 valence electrons. The summed E-state index contributed by atoms with van der Waals surface area (Å²) in [5, 5.41) is 0. The highest BCUT2D eigenvalue weighted by molar-refractivity contribution is 5.98. The van der Waals surface area contributed by atoms with Crippen LogP contribution in [-0.2, 0) is 6.42 Å². The van der Waals surface area contributed by atoms with Gasteiger partial charge in [-0.1, -0.05) is 6.07 Å². The summed E-state index contributed by atoms with van der Waals surface area (Å²) >= 11 is 0. The third-order valence-electron chi connectivity index (χ3n) is 2.72. The minimum Gasteiger partial charge on any atom is -0.406 e. The van der Waals surface area contributed by atoms with E-state index in [1.165, 1.54) is 12.1 Å². The van der Waals surface area contributed by atoms with Crippen LogP contribution in [0, 0.1) is 0 Å². The predicted octanol–water partition coefficient (Wildman–Crippen LogP) is 3.49. The van der Waals surface area contributed by atoms with Crippen LogP contribution < -0.4 is 4.74 Å². The molecule has 0 fully saturated rings. The largest absolute Gasteiger partial charge is 0.573 e. The van der Waals surface area contributed by atoms with Crippen molar-refractivity contribution in [1.82, 2.24) is 0 Å². The minimum absolute atomic E-state index is 0.106. The number of hydrogen-bond donors (Lipinski definition) is 0. The lowest BCUT2D eigenvalue weighted by Crippen LogP contribution is -2.17. The van der Waals surface area contributed by atoms with Gasteiger partial charge in [0.15, 0.2) is 5.78 Å². The zero-order chi connectivity index (χ0) is 12.5. The number of alkyl halides is 3. The Morgan fingerprint density at radius 3 is 2.53 bits per heavy atom. The standard InChI is InChI=1S/C12H11F3O2/c13-12(14,15)17-9-6-5-8-3-1-2-4-11(16)10(8)7-9/h5-7H,1-4H2. The van der Waals surface area contributed by atoms with Crippen LogP contribution in [0.1, 0.15) is 35.2 Å². The van der Waals surface area contributed by atoms with E-state index in [4.69, 9.17) is 0 Å². The Hall–Kier alpha value is -1.52. The Morgan fingerprint density at radius 1 is 1.12 bits per heavy atom. The van der Waals surface area contributed by atoms with Crippen LogP contribution in [-0.4, -0.2) is 12.1 Å². The first-order chi connectivity index (χ1) is 7.96. The van der Waals surface area contributed by atoms with Crippen molar-refractivity contribution in [2.24, 2.45) is 0 Å². The van der Waals surface area contributed by atoms with Crippen LogP contribution >= 0.6 is 0 Å². The van der Waals surface area contributed by atoms with Crippen LogP contribution in [0.25, 0.3) is 0 Å². The number of carbonyl (C=O) groups excluding carboxylic acids is 1. The fourth-order valence-corrected chi connectivity index (χ4v) is 1.97. The lowest BCUT2D eigenvalue weighted by atomic mass is 10.0. The third-order valence-corrected chi connectivity index (χ3v) is 2.72. The monoisotopic (exact) mass is 244 g/mol. The van der Waals surface area contributed by atoms with Gasteiger partial charge in [0.1, 0.15) is 5.75 Å². The molecule has 1 aliphatic rings. The van der Waals surface area contributed by atoms with Crippen molar-refractivity contribution in [2.45, 2.75) is 32.0 Å². The quantitative estimate of drug-likeness (QED) is 0.707. The van der Waals surface area contributed by atoms with Crippen LogP contribution in [0.3, 0.4) is 0 Å². The van der Waals surface area contributed by atoms with Crippen molar-refractivity contribution in [2.75, 3.05) is 0 Å². The SMILES string of the molecule is O=C1CCCCc2ccc(OC(F)(F)F)cc21. The van der Waals surface area contributed by atoms with Crippen molar-refractivity contribution in [3.63, 3.8) is 0 Å². The zero-order valence-corrected chi connectivity index (χ0v) is 9.01. The third kappa shape index (κ3) is 2.99. The van der Waals surface area contributed by atoms with E-state index in [0.717, 1.165) is 24.8 Å². The first-order valence-electron chi connectivity index (χ1n) is 5.37. The summed E-state index contributed by atoms with van der Waals surface area (Å²) in [6.07, 6.45) is -1.93. The van der Waals surface area contributed by atoms with E-state index < -0.39 is 6.36 Å². The number of Topliss-reactive ketones (excluding diaryl/α,β-unsaturated/α-hetero) is 1. The normalized spacial score (nSPS) is 16.3. The number of carbonyl (C=O) groups is 1. The summed E-state index contributed by atoms with van der Waals surface area (Å²) in [6.45, 7) is 0. The van der Waals surface area contributed by atoms with Crippen molar-refractivity contribution in [3.8, 4) is 5.75 Å². The van der Waals surface area contributed by atoms with E-state index in [1.807, 2.05) is 0 Å². The van der Waals surface area contributed by atoms with E-state index >= 15 is 0 Å². The zero-order valence-electron chi connectivity index (χ0n) is 9.01. The minimum atomic E-state index is -4.72. The molecule has 5 heteroatoms. The van der Waals surface area contributed by atoms with Gasteiger partial charge >= 0.3 is 6.36 Å². The van der Waals surface area contributed by atoms with Gasteiger partial charge in [0.05, 0.1) is 0 Å². The molecule has 0 bridgehead atoms. The number of ketones is 1. The number of halogens is 3. The Balaban J connectivity index is 2.32. The maximum Gasteiger partial charge on any atom is 0.573 e. The Kier molecular flexibility index (Phi) is 3.09. The van der Waals surface area contributed by atoms with Gasteiger partial charge in [0, 0.05) is 12.0 Å². The summed E-state index contributed by atoms with van der Waals surface area (Å²) in [6, 6.07) is 3.99. The number of rotatable bonds is 1. The summed E-state index contributed by atoms with van der Waals surface area (Å²) in [5.74, 6) is -0.434. The molecule has 1 aromatic rings. The number of aryl methyl sites for hydroxylation is 1. The first-order valence-corrected chi connectivity index (χ1v) is 5.37. The van der Waals surface area contributed by atoms with Gasteiger partial charge in [-0.25, -0.2) is 0 Å². The average Bonchev–Trinajstić information content (AvgIpc) is 2.39. The summed E-state index contributed by atoms with van der Waals surface area (Å²) in [7, 11) is 0. The average molecular weight is 244 g/mol. The van der Waals surface area contributed by atoms with Gasteiger partial charge in [-0.2, -0.15) is 0 Å². The lowest BCUT2D eigenvalue weighted by molar-refractivity contribution is -0.274. The fourth-order valence-electron chi connectivity index (χ4n) is 1.97. The van der Waals surface area contributed by atoms with Gasteiger partial charge in [-0.3, -0.25) is 4.79 Å². The number of hydrogen-bond acceptors (Lipinski definition) is 2. The Bertz CT molecular complexity index is 438. The highest BCUT2D eigenvalue weighted by Gasteiger charge is 2.31. The Labute approximate surface area is 96.4 Å². The number of ether oxygens (including phenoxy) is 1. The summed E-state index contributed by atoms with van der Waals surface area (Å²) in [5.41, 5.74) is 1.17. The van der Waals surface area contributed by atoms with E-state index in [0.29, 0.717) is 12.0 Å². The van der Waals surface area contributed by atoms with E-state index in [1.54, 1.807) is 6.07 Å². The second kappa shape index (κ2) is 4.39. The van der Waals surface area contributed by atoms with Gasteiger partial charge in [-0.15, -0.1) is 13.2 Å². The highest BCUT2D eigenvalue weighted by Crippen LogP contribution is 2.28. The molecule has 0 saturated carbocycles. The summed E-state index contributed by atoms with van der Waals surface area (Å²) < 4.78 is 39.9. The molecule has 0 spiro atoms. The van der Waals surface area contributed by atoms with Crippen LogP contribution in [0.2, 0.25) is 0 Å². The molecule has 0 aromatic heterocycles. The van der Waals surface area contributed by atoms with Crippen molar-refractivity contribution in [1.29, 1.82) is 0 Å². The predicted molar refractivity (Wildman–Crippen MR) is 55.0 cm³/mol. The summed E-state index contributed by atoms with van der Waals surface area (Å²) in [4.78, 5) is 11.7. The van der Waals surface area contributed by atoms with E-state index in [2.05, 4.69) is 4.74 Å². The van der Waals surface area contributed by atoms with Crippen LogP contribution in [0.15, 0.2) is 18.2 Å². The maximum atomic E-state index is 12.0. The second-order valence-electron chi connectivity index (χ2n) is 4.00. The molecule has 0 aliphatic heterocycles. The van der Waals surface area contributed by atoms with Gasteiger partial charge in [0.2, 0.25) is 0 Å². The molecule has 0 saturated heterocycles. The molecular formula is C12H11F3O2. The lowest BCUT2D eigenvalue weighted by Gasteiger charge is -2.11. The molecule has 1 aliphatic carbocycles. The molecule has 17 heavy (non-hydrogen) atoms. The van der Waals surface area contributed by atoms with E-state index in [9.17, 15) is 18.0 Å². The maximum absolute atomic E-state index is 12.0. The van der Waals surface area contributed by atoms with Crippen molar-refractivity contribution in [3.05, 3.63) is 29.3 Å². The van der Waals surface area contributed by atoms with Gasteiger partial charge < -0.3 is 4.74 Å². The number of benzene rings is 1.